The Morgan fingerprint density at radius 1 is 1.00 bits per heavy atom. The second-order valence-electron chi connectivity index (χ2n) is 11.6. The Morgan fingerprint density at radius 3 is 2.30 bits per heavy atom. The van der Waals surface area contributed by atoms with Crippen LogP contribution in [0.4, 0.5) is 0 Å². The summed E-state index contributed by atoms with van der Waals surface area (Å²) in [6.45, 7) is 9.74. The molecule has 8 atom stereocenters. The van der Waals surface area contributed by atoms with Gasteiger partial charge in [-0.3, -0.25) is 4.79 Å². The van der Waals surface area contributed by atoms with Gasteiger partial charge in [0, 0.05) is 31.0 Å². The second-order valence-corrected chi connectivity index (χ2v) is 11.6. The van der Waals surface area contributed by atoms with E-state index in [1.807, 2.05) is 7.11 Å². The highest BCUT2D eigenvalue weighted by Gasteiger charge is 2.68. The average molecular weight is 421 g/mol. The molecule has 0 heterocycles. The Hall–Kier alpha value is -0.450. The van der Waals surface area contributed by atoms with Gasteiger partial charge in [0.05, 0.1) is 12.2 Å². The van der Waals surface area contributed by atoms with Gasteiger partial charge in [0.1, 0.15) is 12.6 Å². The van der Waals surface area contributed by atoms with Crippen LogP contribution in [0, 0.1) is 39.9 Å². The van der Waals surface area contributed by atoms with Gasteiger partial charge in [0.15, 0.2) is 0 Å². The Kier molecular flexibility index (Phi) is 6.18. The molecular weight excluding hydrogens is 376 g/mol. The van der Waals surface area contributed by atoms with Crippen molar-refractivity contribution in [3.05, 3.63) is 0 Å². The van der Waals surface area contributed by atoms with Crippen molar-refractivity contribution in [2.45, 2.75) is 97.7 Å². The first kappa shape index (κ1) is 22.7. The summed E-state index contributed by atoms with van der Waals surface area (Å²) in [6.07, 6.45) is 10.5. The molecule has 4 heteroatoms. The summed E-state index contributed by atoms with van der Waals surface area (Å²) < 4.78 is 18.0. The third-order valence-corrected chi connectivity index (χ3v) is 10.7. The zero-order chi connectivity index (χ0) is 21.7. The topological polar surface area (TPSA) is 44.8 Å². The highest BCUT2D eigenvalue weighted by molar-refractivity contribution is 5.88. The Labute approximate surface area is 183 Å². The van der Waals surface area contributed by atoms with E-state index in [1.165, 1.54) is 32.1 Å². The number of rotatable bonds is 5. The van der Waals surface area contributed by atoms with Gasteiger partial charge in [-0.1, -0.05) is 40.5 Å². The third-order valence-electron chi connectivity index (χ3n) is 10.7. The zero-order valence-corrected chi connectivity index (χ0v) is 20.2. The van der Waals surface area contributed by atoms with Gasteiger partial charge in [-0.05, 0) is 68.1 Å². The molecule has 2 bridgehead atoms. The lowest BCUT2D eigenvalue weighted by molar-refractivity contribution is -0.222. The molecule has 0 N–H and O–H groups in total. The zero-order valence-electron chi connectivity index (χ0n) is 20.2. The summed E-state index contributed by atoms with van der Waals surface area (Å²) in [4.78, 5) is 14.3. The van der Waals surface area contributed by atoms with Crippen molar-refractivity contribution in [2.75, 3.05) is 21.0 Å². The van der Waals surface area contributed by atoms with Gasteiger partial charge in [-0.15, -0.1) is 0 Å². The molecule has 172 valence electrons. The quantitative estimate of drug-likeness (QED) is 0.541. The third kappa shape index (κ3) is 3.07. The number of methoxy groups -OCH3 is 2. The fourth-order valence-electron chi connectivity index (χ4n) is 8.76. The number of ether oxygens (including phenoxy) is 3. The van der Waals surface area contributed by atoms with Crippen molar-refractivity contribution >= 4 is 5.78 Å². The standard InChI is InChI=1S/C26H44O4/c1-17-11-13-26-14-12-20(29-6)22(26)25(17,4)21(30-16-28-5)15-24(3,23(27)18(26)2)19-9-7-8-10-19/h17-22H,7-16H2,1-6H3/t17-,18+,20?,21-,22?,24+,25+,26?/m1/s1. The summed E-state index contributed by atoms with van der Waals surface area (Å²) in [5.74, 6) is 2.02. The first-order chi connectivity index (χ1) is 14.3. The van der Waals surface area contributed by atoms with Gasteiger partial charge in [0.25, 0.3) is 0 Å². The van der Waals surface area contributed by atoms with E-state index in [9.17, 15) is 4.79 Å². The lowest BCUT2D eigenvalue weighted by atomic mass is 9.43. The van der Waals surface area contributed by atoms with E-state index in [4.69, 9.17) is 14.2 Å². The van der Waals surface area contributed by atoms with Crippen LogP contribution in [-0.2, 0) is 19.0 Å². The van der Waals surface area contributed by atoms with Crippen molar-refractivity contribution in [2.24, 2.45) is 39.9 Å². The van der Waals surface area contributed by atoms with E-state index in [0.717, 1.165) is 25.7 Å². The van der Waals surface area contributed by atoms with Crippen LogP contribution in [-0.4, -0.2) is 39.0 Å². The van der Waals surface area contributed by atoms with Gasteiger partial charge < -0.3 is 14.2 Å². The van der Waals surface area contributed by atoms with E-state index in [2.05, 4.69) is 27.7 Å². The highest BCUT2D eigenvalue weighted by atomic mass is 16.7. The molecule has 30 heavy (non-hydrogen) atoms. The molecule has 4 nitrogen and oxygen atoms in total. The van der Waals surface area contributed by atoms with Crippen LogP contribution in [0.2, 0.25) is 0 Å². The molecule has 3 unspecified atom stereocenters. The lowest BCUT2D eigenvalue weighted by Crippen LogP contribution is -2.63. The van der Waals surface area contributed by atoms with Crippen molar-refractivity contribution in [1.82, 2.24) is 0 Å². The van der Waals surface area contributed by atoms with Crippen LogP contribution in [0.3, 0.4) is 0 Å². The molecule has 0 saturated heterocycles. The minimum Gasteiger partial charge on any atom is -0.381 e. The first-order valence-electron chi connectivity index (χ1n) is 12.4. The SMILES string of the molecule is COCO[C@@H]1C[C@@](C)(C2CCCC2)C(=O)[C@H](C)C23CCC(OC)C2[C@@]1(C)[C@H](C)CC3. The molecule has 4 fully saturated rings. The maximum Gasteiger partial charge on any atom is 0.146 e. The molecule has 0 aromatic heterocycles. The van der Waals surface area contributed by atoms with Gasteiger partial charge in [0.2, 0.25) is 0 Å². The van der Waals surface area contributed by atoms with Gasteiger partial charge in [-0.2, -0.15) is 0 Å². The van der Waals surface area contributed by atoms with Crippen LogP contribution >= 0.6 is 0 Å². The summed E-state index contributed by atoms with van der Waals surface area (Å²) >= 11 is 0. The van der Waals surface area contributed by atoms with Crippen molar-refractivity contribution in [3.8, 4) is 0 Å². The fraction of sp³-hybridized carbons (Fsp3) is 0.962. The largest absolute Gasteiger partial charge is 0.381 e. The normalized spacial score (nSPS) is 49.7. The highest BCUT2D eigenvalue weighted by Crippen LogP contribution is 2.69. The minimum atomic E-state index is -0.296. The number of hydrogen-bond acceptors (Lipinski definition) is 4. The van der Waals surface area contributed by atoms with Crippen LogP contribution in [0.1, 0.15) is 85.5 Å². The van der Waals surface area contributed by atoms with E-state index in [0.29, 0.717) is 30.3 Å². The molecule has 0 aromatic rings. The number of ketones is 1. The van der Waals surface area contributed by atoms with E-state index in [-0.39, 0.29) is 34.4 Å². The fourth-order valence-corrected chi connectivity index (χ4v) is 8.76. The number of carbonyl (C=O) groups excluding carboxylic acids is 1. The maximum absolute atomic E-state index is 14.3. The van der Waals surface area contributed by atoms with Crippen LogP contribution in [0.5, 0.6) is 0 Å². The predicted octanol–water partition coefficient (Wildman–Crippen LogP) is 5.63. The monoisotopic (exact) mass is 420 g/mol. The summed E-state index contributed by atoms with van der Waals surface area (Å²) in [7, 11) is 3.57. The molecule has 0 radical (unpaired) electrons. The van der Waals surface area contributed by atoms with Crippen molar-refractivity contribution in [3.63, 3.8) is 0 Å². The Balaban J connectivity index is 1.86. The first-order valence-corrected chi connectivity index (χ1v) is 12.4. The molecule has 4 aliphatic carbocycles. The van der Waals surface area contributed by atoms with Crippen LogP contribution < -0.4 is 0 Å². The average Bonchev–Trinajstić information content (AvgIpc) is 3.41. The van der Waals surface area contributed by atoms with Crippen LogP contribution in [0.15, 0.2) is 0 Å². The number of Topliss-reactive ketones (excluding diaryl/α,β-unsaturated/α-hetero) is 1. The van der Waals surface area contributed by atoms with Crippen LogP contribution in [0.25, 0.3) is 0 Å². The molecule has 4 aliphatic rings. The van der Waals surface area contributed by atoms with E-state index < -0.39 is 0 Å². The predicted molar refractivity (Wildman–Crippen MR) is 118 cm³/mol. The molecule has 0 amide bonds. The molecule has 0 aliphatic heterocycles. The maximum atomic E-state index is 14.3. The van der Waals surface area contributed by atoms with Crippen molar-refractivity contribution in [1.29, 1.82) is 0 Å². The lowest BCUT2D eigenvalue weighted by Gasteiger charge is -2.62. The van der Waals surface area contributed by atoms with Crippen molar-refractivity contribution < 1.29 is 19.0 Å². The second kappa shape index (κ2) is 8.15. The molecular formula is C26H44O4. The minimum absolute atomic E-state index is 0.0111. The number of hydrogen-bond donors (Lipinski definition) is 0. The Morgan fingerprint density at radius 2 is 1.67 bits per heavy atom. The summed E-state index contributed by atoms with van der Waals surface area (Å²) in [6, 6.07) is 0. The summed E-state index contributed by atoms with van der Waals surface area (Å²) in [5.41, 5.74) is -0.257. The van der Waals surface area contributed by atoms with Gasteiger partial charge in [-0.25, -0.2) is 0 Å². The van der Waals surface area contributed by atoms with E-state index in [1.54, 1.807) is 7.11 Å². The molecule has 0 aromatic carbocycles. The smallest absolute Gasteiger partial charge is 0.146 e. The number of carbonyl (C=O) groups is 1. The molecule has 4 saturated carbocycles. The van der Waals surface area contributed by atoms with E-state index >= 15 is 0 Å². The summed E-state index contributed by atoms with van der Waals surface area (Å²) in [5, 5.41) is 0. The molecule has 4 rings (SSSR count). The van der Waals surface area contributed by atoms with Gasteiger partial charge >= 0.3 is 0 Å². The molecule has 0 spiro atoms. The Bertz CT molecular complexity index is 643.